The van der Waals surface area contributed by atoms with Crippen LogP contribution in [-0.2, 0) is 35.2 Å². The van der Waals surface area contributed by atoms with Crippen molar-refractivity contribution in [2.75, 3.05) is 6.54 Å². The van der Waals surface area contributed by atoms with E-state index < -0.39 is 59.7 Å². The number of carbonyl (C=O) groups is 6. The first-order chi connectivity index (χ1) is 17.9. The molecule has 0 aliphatic rings. The molecule has 0 aliphatic carbocycles. The molecule has 16 heteroatoms. The van der Waals surface area contributed by atoms with E-state index in [0.717, 1.165) is 0 Å². The minimum absolute atomic E-state index is 0.0341. The first-order valence-corrected chi connectivity index (χ1v) is 12.1. The molecule has 1 aromatic rings. The van der Waals surface area contributed by atoms with Crippen molar-refractivity contribution in [2.45, 2.75) is 75.5 Å². The second-order valence-corrected chi connectivity index (χ2v) is 8.70. The average molecular weight is 540 g/mol. The van der Waals surface area contributed by atoms with Gasteiger partial charge in [0.05, 0.1) is 12.4 Å². The summed E-state index contributed by atoms with van der Waals surface area (Å²) in [6.45, 7) is 0.334. The van der Waals surface area contributed by atoms with Crippen molar-refractivity contribution >= 4 is 35.5 Å². The third kappa shape index (κ3) is 12.3. The molecule has 13 N–H and O–H groups in total. The number of hydrogen-bond donors (Lipinski definition) is 9. The van der Waals surface area contributed by atoms with E-state index in [9.17, 15) is 33.9 Å². The number of aromatic nitrogens is 2. The number of carboxylic acids is 1. The average Bonchev–Trinajstić information content (AvgIpc) is 3.36. The molecule has 212 valence electrons. The molecule has 0 radical (unpaired) electrons. The summed E-state index contributed by atoms with van der Waals surface area (Å²) < 4.78 is 0. The van der Waals surface area contributed by atoms with E-state index in [1.165, 1.54) is 12.5 Å². The lowest BCUT2D eigenvalue weighted by Crippen LogP contribution is -2.57. The van der Waals surface area contributed by atoms with Gasteiger partial charge in [0.25, 0.3) is 0 Å². The van der Waals surface area contributed by atoms with Gasteiger partial charge in [-0.25, -0.2) is 9.78 Å². The zero-order valence-electron chi connectivity index (χ0n) is 21.0. The van der Waals surface area contributed by atoms with Gasteiger partial charge in [0.15, 0.2) is 0 Å². The molecule has 0 aliphatic heterocycles. The number of nitrogens with two attached hydrogens (primary N) is 4. The smallest absolute Gasteiger partial charge is 0.326 e. The number of nitrogens with one attached hydrogen (secondary N) is 4. The monoisotopic (exact) mass is 539 g/mol. The topological polar surface area (TPSA) is 292 Å². The van der Waals surface area contributed by atoms with Crippen LogP contribution in [-0.4, -0.2) is 81.3 Å². The van der Waals surface area contributed by atoms with Gasteiger partial charge in [-0.2, -0.15) is 0 Å². The Kier molecular flexibility index (Phi) is 14.0. The molecule has 1 rings (SSSR count). The van der Waals surface area contributed by atoms with Gasteiger partial charge < -0.3 is 49.0 Å². The molecule has 4 atom stereocenters. The number of H-pyrrole nitrogens is 1. The number of unbranched alkanes of at least 4 members (excludes halogenated alkanes) is 1. The van der Waals surface area contributed by atoms with Crippen molar-refractivity contribution in [2.24, 2.45) is 22.9 Å². The summed E-state index contributed by atoms with van der Waals surface area (Å²) in [5.74, 6) is -5.00. The molecule has 0 aromatic carbocycles. The summed E-state index contributed by atoms with van der Waals surface area (Å²) in [4.78, 5) is 79.1. The fourth-order valence-electron chi connectivity index (χ4n) is 3.38. The highest BCUT2D eigenvalue weighted by Crippen LogP contribution is 2.07. The van der Waals surface area contributed by atoms with Gasteiger partial charge in [-0.3, -0.25) is 24.0 Å². The number of carboxylic acid groups (broad SMARTS) is 1. The van der Waals surface area contributed by atoms with Gasteiger partial charge in [-0.05, 0) is 38.6 Å². The van der Waals surface area contributed by atoms with Gasteiger partial charge in [0.2, 0.25) is 29.5 Å². The lowest BCUT2D eigenvalue weighted by Gasteiger charge is -2.25. The maximum Gasteiger partial charge on any atom is 0.326 e. The van der Waals surface area contributed by atoms with Crippen LogP contribution in [0.5, 0.6) is 0 Å². The molecular formula is C22H37N9O7. The summed E-state index contributed by atoms with van der Waals surface area (Å²) >= 11 is 0. The lowest BCUT2D eigenvalue weighted by molar-refractivity contribution is -0.142. The number of aliphatic carboxylic acids is 1. The Bertz CT molecular complexity index is 955. The second kappa shape index (κ2) is 16.6. The van der Waals surface area contributed by atoms with Crippen LogP contribution in [0, 0.1) is 0 Å². The quantitative estimate of drug-likeness (QED) is 0.0780. The van der Waals surface area contributed by atoms with E-state index in [-0.39, 0.29) is 38.5 Å². The van der Waals surface area contributed by atoms with Crippen LogP contribution in [0.3, 0.4) is 0 Å². The number of aromatic amines is 1. The van der Waals surface area contributed by atoms with Crippen LogP contribution in [0.25, 0.3) is 0 Å². The highest BCUT2D eigenvalue weighted by Gasteiger charge is 2.30. The Hall–Kier alpha value is -4.05. The summed E-state index contributed by atoms with van der Waals surface area (Å²) in [7, 11) is 0. The Labute approximate surface area is 219 Å². The van der Waals surface area contributed by atoms with Crippen LogP contribution in [0.15, 0.2) is 12.5 Å². The number of hydrogen-bond acceptors (Lipinski definition) is 9. The standard InChI is InChI=1S/C22H37N9O7/c23-8-2-1-3-14(20(35)30-15(22(37)38)5-7-18(26)33)29-21(36)16(9-12-10-27-11-28-12)31-19(34)13(24)4-6-17(25)32/h10-11,13-16H,1-9,23-24H2,(H2,25,32)(H2,26,33)(H,27,28)(H,29,36)(H,30,35)(H,31,34)(H,37,38). The van der Waals surface area contributed by atoms with Crippen LogP contribution in [0.4, 0.5) is 0 Å². The maximum atomic E-state index is 13.2. The van der Waals surface area contributed by atoms with Crippen molar-refractivity contribution in [1.82, 2.24) is 25.9 Å². The first-order valence-electron chi connectivity index (χ1n) is 12.1. The number of nitrogens with zero attached hydrogens (tertiary/aromatic N) is 1. The lowest BCUT2D eigenvalue weighted by atomic mass is 10.0. The summed E-state index contributed by atoms with van der Waals surface area (Å²) in [5.41, 5.74) is 22.0. The predicted octanol–water partition coefficient (Wildman–Crippen LogP) is -3.52. The molecule has 0 fully saturated rings. The summed E-state index contributed by atoms with van der Waals surface area (Å²) in [5, 5.41) is 16.8. The first kappa shape index (κ1) is 32.0. The normalized spacial score (nSPS) is 13.9. The molecule has 38 heavy (non-hydrogen) atoms. The second-order valence-electron chi connectivity index (χ2n) is 8.70. The zero-order chi connectivity index (χ0) is 28.7. The maximum absolute atomic E-state index is 13.2. The number of amides is 5. The predicted molar refractivity (Wildman–Crippen MR) is 133 cm³/mol. The summed E-state index contributed by atoms with van der Waals surface area (Å²) in [6, 6.07) is -4.90. The van der Waals surface area contributed by atoms with Crippen LogP contribution < -0.4 is 38.9 Å². The van der Waals surface area contributed by atoms with Crippen molar-refractivity contribution in [3.8, 4) is 0 Å². The van der Waals surface area contributed by atoms with Gasteiger partial charge in [0, 0.05) is 31.2 Å². The van der Waals surface area contributed by atoms with Crippen LogP contribution in [0.2, 0.25) is 0 Å². The SMILES string of the molecule is NCCCCC(NC(=O)C(Cc1cnc[nH]1)NC(=O)C(N)CCC(N)=O)C(=O)NC(CCC(N)=O)C(=O)O. The molecule has 1 heterocycles. The number of primary amides is 2. The van der Waals surface area contributed by atoms with Gasteiger partial charge in [-0.1, -0.05) is 0 Å². The van der Waals surface area contributed by atoms with Crippen molar-refractivity contribution in [1.29, 1.82) is 0 Å². The molecule has 5 amide bonds. The van der Waals surface area contributed by atoms with Crippen molar-refractivity contribution < 1.29 is 33.9 Å². The van der Waals surface area contributed by atoms with E-state index in [1.807, 2.05) is 0 Å². The van der Waals surface area contributed by atoms with E-state index in [1.54, 1.807) is 0 Å². The molecule has 0 bridgehead atoms. The fourth-order valence-corrected chi connectivity index (χ4v) is 3.38. The minimum atomic E-state index is -1.41. The fraction of sp³-hybridized carbons (Fsp3) is 0.591. The van der Waals surface area contributed by atoms with E-state index in [2.05, 4.69) is 25.9 Å². The zero-order valence-corrected chi connectivity index (χ0v) is 21.0. The summed E-state index contributed by atoms with van der Waals surface area (Å²) in [6.07, 6.45) is 3.22. The molecule has 0 spiro atoms. The molecule has 16 nitrogen and oxygen atoms in total. The molecule has 1 aromatic heterocycles. The Morgan fingerprint density at radius 3 is 1.97 bits per heavy atom. The van der Waals surface area contributed by atoms with Crippen molar-refractivity contribution in [3.05, 3.63) is 18.2 Å². The van der Waals surface area contributed by atoms with Gasteiger partial charge in [-0.15, -0.1) is 0 Å². The van der Waals surface area contributed by atoms with E-state index in [0.29, 0.717) is 25.1 Å². The Morgan fingerprint density at radius 2 is 1.42 bits per heavy atom. The Morgan fingerprint density at radius 1 is 0.842 bits per heavy atom. The Balaban J connectivity index is 3.04. The van der Waals surface area contributed by atoms with E-state index in [4.69, 9.17) is 22.9 Å². The molecule has 4 unspecified atom stereocenters. The van der Waals surface area contributed by atoms with Crippen LogP contribution >= 0.6 is 0 Å². The number of rotatable bonds is 19. The minimum Gasteiger partial charge on any atom is -0.480 e. The van der Waals surface area contributed by atoms with E-state index >= 15 is 0 Å². The third-order valence-corrected chi connectivity index (χ3v) is 5.52. The van der Waals surface area contributed by atoms with Gasteiger partial charge in [0.1, 0.15) is 18.1 Å². The largest absolute Gasteiger partial charge is 0.480 e. The highest BCUT2D eigenvalue weighted by molar-refractivity contribution is 5.94. The molecular weight excluding hydrogens is 502 g/mol. The highest BCUT2D eigenvalue weighted by atomic mass is 16.4. The van der Waals surface area contributed by atoms with Crippen LogP contribution in [0.1, 0.15) is 50.6 Å². The van der Waals surface area contributed by atoms with Gasteiger partial charge >= 0.3 is 5.97 Å². The number of carbonyl (C=O) groups excluding carboxylic acids is 5. The molecule has 0 saturated carbocycles. The molecule has 0 saturated heterocycles. The van der Waals surface area contributed by atoms with Crippen molar-refractivity contribution in [3.63, 3.8) is 0 Å². The third-order valence-electron chi connectivity index (χ3n) is 5.52. The number of imidazole rings is 1.